The maximum absolute atomic E-state index is 12.1. The number of amides is 2. The van der Waals surface area contributed by atoms with Gasteiger partial charge in [0.15, 0.2) is 11.6 Å². The Balaban J connectivity index is 1.61. The van der Waals surface area contributed by atoms with Gasteiger partial charge in [-0.05, 0) is 36.4 Å². The number of benzene rings is 1. The number of pyridine rings is 1. The highest BCUT2D eigenvalue weighted by Crippen LogP contribution is 2.21. The normalized spacial score (nSPS) is 10.0. The largest absolute Gasteiger partial charge is 0.393 e. The van der Waals surface area contributed by atoms with Gasteiger partial charge >= 0.3 is 0 Å². The van der Waals surface area contributed by atoms with Gasteiger partial charge in [0.05, 0.1) is 0 Å². The van der Waals surface area contributed by atoms with Crippen LogP contribution in [-0.2, 0) is 0 Å². The number of nitrogens with one attached hydrogen (secondary N) is 4. The molecule has 0 aliphatic heterocycles. The molecular formula is C17H15BrN8O2. The number of aromatic nitrogens is 3. The summed E-state index contributed by atoms with van der Waals surface area (Å²) in [5.74, 6) is -0.519. The summed E-state index contributed by atoms with van der Waals surface area (Å²) in [6, 6.07) is 11.8. The average Bonchev–Trinajstić information content (AvgIpc) is 2.73. The third kappa shape index (κ3) is 4.71. The van der Waals surface area contributed by atoms with E-state index in [2.05, 4.69) is 52.6 Å². The van der Waals surface area contributed by atoms with Crippen LogP contribution in [0.2, 0.25) is 0 Å². The molecule has 0 aliphatic carbocycles. The van der Waals surface area contributed by atoms with E-state index in [9.17, 15) is 9.59 Å². The van der Waals surface area contributed by atoms with Gasteiger partial charge in [-0.25, -0.2) is 9.97 Å². The second-order valence-corrected chi connectivity index (χ2v) is 6.28. The van der Waals surface area contributed by atoms with E-state index in [1.54, 1.807) is 42.5 Å². The zero-order valence-corrected chi connectivity index (χ0v) is 15.9. The molecule has 0 unspecified atom stereocenters. The third-order valence-electron chi connectivity index (χ3n) is 3.48. The monoisotopic (exact) mass is 442 g/mol. The molecule has 11 heteroatoms. The lowest BCUT2D eigenvalue weighted by atomic mass is 10.2. The molecule has 1 aromatic carbocycles. The topological polar surface area (TPSA) is 147 Å². The summed E-state index contributed by atoms with van der Waals surface area (Å²) in [6.45, 7) is 0. The van der Waals surface area contributed by atoms with Gasteiger partial charge in [-0.2, -0.15) is 0 Å². The number of nitrogen functional groups attached to an aromatic ring is 1. The zero-order chi connectivity index (χ0) is 19.9. The van der Waals surface area contributed by atoms with Crippen LogP contribution in [-0.4, -0.2) is 26.8 Å². The number of nitrogens with zero attached hydrogens (tertiary/aromatic N) is 3. The molecule has 10 nitrogen and oxygen atoms in total. The highest BCUT2D eigenvalue weighted by Gasteiger charge is 2.12. The van der Waals surface area contributed by atoms with Gasteiger partial charge in [0, 0.05) is 16.2 Å². The van der Waals surface area contributed by atoms with Crippen LogP contribution in [0.5, 0.6) is 0 Å². The van der Waals surface area contributed by atoms with Gasteiger partial charge in [-0.15, -0.1) is 0 Å². The number of anilines is 3. The summed E-state index contributed by atoms with van der Waals surface area (Å²) in [7, 11) is 0. The van der Waals surface area contributed by atoms with Gasteiger partial charge in [0.2, 0.25) is 0 Å². The number of nitrogens with two attached hydrogens (primary N) is 1. The first kappa shape index (κ1) is 19.0. The molecule has 0 radical (unpaired) electrons. The van der Waals surface area contributed by atoms with Crippen molar-refractivity contribution >= 4 is 45.1 Å². The van der Waals surface area contributed by atoms with Gasteiger partial charge < -0.3 is 5.73 Å². The van der Waals surface area contributed by atoms with Crippen LogP contribution in [0.1, 0.15) is 20.8 Å². The number of hydrogen-bond acceptors (Lipinski definition) is 8. The number of hydrogen-bond donors (Lipinski definition) is 5. The Morgan fingerprint density at radius 3 is 2.11 bits per heavy atom. The average molecular weight is 443 g/mol. The Morgan fingerprint density at radius 2 is 1.50 bits per heavy atom. The van der Waals surface area contributed by atoms with Crippen LogP contribution in [0.25, 0.3) is 0 Å². The summed E-state index contributed by atoms with van der Waals surface area (Å²) >= 11 is 3.31. The van der Waals surface area contributed by atoms with Crippen LogP contribution in [0.3, 0.4) is 0 Å². The lowest BCUT2D eigenvalue weighted by Gasteiger charge is -2.13. The first-order valence-corrected chi connectivity index (χ1v) is 8.73. The van der Waals surface area contributed by atoms with E-state index in [4.69, 9.17) is 5.73 Å². The van der Waals surface area contributed by atoms with Crippen molar-refractivity contribution in [2.75, 3.05) is 16.6 Å². The summed E-state index contributed by atoms with van der Waals surface area (Å²) in [4.78, 5) is 36.0. The predicted octanol–water partition coefficient (Wildman–Crippen LogP) is 1.73. The summed E-state index contributed by atoms with van der Waals surface area (Å²) in [6.07, 6.45) is 2.73. The highest BCUT2D eigenvalue weighted by molar-refractivity contribution is 9.10. The molecule has 2 amide bonds. The molecule has 3 aromatic rings. The van der Waals surface area contributed by atoms with Crippen molar-refractivity contribution in [3.63, 3.8) is 0 Å². The Hall–Kier alpha value is -3.73. The van der Waals surface area contributed by atoms with Crippen LogP contribution in [0, 0.1) is 0 Å². The van der Waals surface area contributed by atoms with Crippen molar-refractivity contribution in [1.29, 1.82) is 0 Å². The van der Waals surface area contributed by atoms with Crippen LogP contribution in [0.4, 0.5) is 17.3 Å². The number of carbonyl (C=O) groups excluding carboxylic acids is 2. The van der Waals surface area contributed by atoms with E-state index < -0.39 is 5.91 Å². The fourth-order valence-electron chi connectivity index (χ4n) is 2.06. The molecule has 0 fully saturated rings. The van der Waals surface area contributed by atoms with Crippen LogP contribution < -0.4 is 27.4 Å². The molecule has 3 rings (SSSR count). The van der Waals surface area contributed by atoms with E-state index in [1.807, 2.05) is 0 Å². The molecule has 2 heterocycles. The van der Waals surface area contributed by atoms with Crippen molar-refractivity contribution < 1.29 is 9.59 Å². The van der Waals surface area contributed by atoms with E-state index in [0.29, 0.717) is 5.56 Å². The molecule has 142 valence electrons. The molecular weight excluding hydrogens is 428 g/mol. The predicted molar refractivity (Wildman–Crippen MR) is 107 cm³/mol. The Labute approximate surface area is 168 Å². The Morgan fingerprint density at radius 1 is 0.857 bits per heavy atom. The van der Waals surface area contributed by atoms with Gasteiger partial charge in [-0.1, -0.05) is 22.0 Å². The third-order valence-corrected chi connectivity index (χ3v) is 4.01. The summed E-state index contributed by atoms with van der Waals surface area (Å²) in [5, 5.41) is 0. The minimum absolute atomic E-state index is 0.0972. The molecule has 0 saturated carbocycles. The van der Waals surface area contributed by atoms with Crippen molar-refractivity contribution in [3.8, 4) is 0 Å². The molecule has 6 N–H and O–H groups in total. The molecule has 0 aliphatic rings. The SMILES string of the molecule is Nc1c(NNC(=O)c2ccc(Br)cc2)ncnc1NNC(=O)c1ccccn1. The van der Waals surface area contributed by atoms with Crippen molar-refractivity contribution in [2.45, 2.75) is 0 Å². The number of hydrazine groups is 2. The molecule has 0 saturated heterocycles. The van der Waals surface area contributed by atoms with Crippen LogP contribution >= 0.6 is 15.9 Å². The second-order valence-electron chi connectivity index (χ2n) is 5.36. The maximum atomic E-state index is 12.1. The maximum Gasteiger partial charge on any atom is 0.288 e. The van der Waals surface area contributed by atoms with Crippen molar-refractivity contribution in [1.82, 2.24) is 25.8 Å². The quantitative estimate of drug-likeness (QED) is 0.362. The first-order valence-electron chi connectivity index (χ1n) is 7.94. The first-order chi connectivity index (χ1) is 13.5. The van der Waals surface area contributed by atoms with Crippen molar-refractivity contribution in [3.05, 3.63) is 70.7 Å². The van der Waals surface area contributed by atoms with E-state index in [-0.39, 0.29) is 28.9 Å². The molecule has 2 aromatic heterocycles. The molecule has 0 spiro atoms. The molecule has 0 atom stereocenters. The number of rotatable bonds is 6. The summed E-state index contributed by atoms with van der Waals surface area (Å²) < 4.78 is 0.862. The van der Waals surface area contributed by atoms with Gasteiger partial charge in [0.1, 0.15) is 17.7 Å². The van der Waals surface area contributed by atoms with Gasteiger partial charge in [0.25, 0.3) is 11.8 Å². The smallest absolute Gasteiger partial charge is 0.288 e. The lowest BCUT2D eigenvalue weighted by Crippen LogP contribution is -2.32. The fraction of sp³-hybridized carbons (Fsp3) is 0. The standard InChI is InChI=1S/C17H15BrN8O2/c18-11-6-4-10(5-7-11)16(27)25-23-14-13(19)15(22-9-21-14)24-26-17(28)12-3-1-2-8-20-12/h1-9H,19H2,(H,25,27)(H,26,28)(H2,21,22,23,24). The Kier molecular flexibility index (Phi) is 5.97. The van der Waals surface area contributed by atoms with Crippen LogP contribution in [0.15, 0.2) is 59.5 Å². The van der Waals surface area contributed by atoms with E-state index in [0.717, 1.165) is 4.47 Å². The molecule has 0 bridgehead atoms. The molecule has 28 heavy (non-hydrogen) atoms. The van der Waals surface area contributed by atoms with Gasteiger partial charge in [-0.3, -0.25) is 36.3 Å². The number of halogens is 1. The fourth-order valence-corrected chi connectivity index (χ4v) is 2.33. The second kappa shape index (κ2) is 8.77. The minimum atomic E-state index is -0.461. The zero-order valence-electron chi connectivity index (χ0n) is 14.3. The Bertz CT molecular complexity index is 982. The summed E-state index contributed by atoms with van der Waals surface area (Å²) in [5.41, 5.74) is 16.9. The highest BCUT2D eigenvalue weighted by atomic mass is 79.9. The number of carbonyl (C=O) groups is 2. The minimum Gasteiger partial charge on any atom is -0.393 e. The van der Waals surface area contributed by atoms with Crippen molar-refractivity contribution in [2.24, 2.45) is 0 Å². The van der Waals surface area contributed by atoms with E-state index >= 15 is 0 Å². The van der Waals surface area contributed by atoms with E-state index in [1.165, 1.54) is 12.5 Å². The lowest BCUT2D eigenvalue weighted by molar-refractivity contribution is 0.0952.